The second-order valence-electron chi connectivity index (χ2n) is 9.26. The Morgan fingerprint density at radius 2 is 1.39 bits per heavy atom. The van der Waals surface area contributed by atoms with Crippen molar-refractivity contribution in [3.8, 4) is 0 Å². The smallest absolute Gasteiger partial charge is 0.475 e. The minimum atomic E-state index is -5.08. The van der Waals surface area contributed by atoms with E-state index in [0.29, 0.717) is 6.04 Å². The number of rotatable bonds is 3. The van der Waals surface area contributed by atoms with E-state index in [1.54, 1.807) is 11.1 Å². The number of aliphatic carboxylic acids is 2. The van der Waals surface area contributed by atoms with Gasteiger partial charge in [0.1, 0.15) is 0 Å². The predicted molar refractivity (Wildman–Crippen MR) is 114 cm³/mol. The summed E-state index contributed by atoms with van der Waals surface area (Å²) in [7, 11) is 0. The van der Waals surface area contributed by atoms with Crippen LogP contribution in [0.15, 0.2) is 24.3 Å². The Bertz CT molecular complexity index is 891. The first-order valence-corrected chi connectivity index (χ1v) is 11.5. The fourth-order valence-corrected chi connectivity index (χ4v) is 5.05. The summed E-state index contributed by atoms with van der Waals surface area (Å²) >= 11 is 0. The highest BCUT2D eigenvalue weighted by molar-refractivity contribution is 5.73. The van der Waals surface area contributed by atoms with Crippen LogP contribution in [0, 0.1) is 11.8 Å². The number of ether oxygens (including phenoxy) is 1. The van der Waals surface area contributed by atoms with Gasteiger partial charge in [0.2, 0.25) is 0 Å². The molecule has 7 nitrogen and oxygen atoms in total. The van der Waals surface area contributed by atoms with Gasteiger partial charge in [-0.25, -0.2) is 9.59 Å². The number of hydrogen-bond donors (Lipinski definition) is 2. The van der Waals surface area contributed by atoms with Gasteiger partial charge in [-0.15, -0.1) is 0 Å². The van der Waals surface area contributed by atoms with E-state index in [1.807, 2.05) is 0 Å². The largest absolute Gasteiger partial charge is 0.490 e. The van der Waals surface area contributed by atoms with Crippen LogP contribution in [0.5, 0.6) is 0 Å². The number of morpholine rings is 1. The van der Waals surface area contributed by atoms with Gasteiger partial charge in [-0.05, 0) is 35.8 Å². The molecule has 36 heavy (non-hydrogen) atoms. The lowest BCUT2D eigenvalue weighted by molar-refractivity contribution is -0.193. The first-order valence-electron chi connectivity index (χ1n) is 11.5. The number of fused-ring (bicyclic) bond motifs is 3. The molecule has 0 bridgehead atoms. The summed E-state index contributed by atoms with van der Waals surface area (Å²) in [5, 5.41) is 14.2. The molecule has 1 aromatic rings. The van der Waals surface area contributed by atoms with Crippen molar-refractivity contribution in [2.24, 2.45) is 11.8 Å². The van der Waals surface area contributed by atoms with Gasteiger partial charge in [0.05, 0.1) is 13.2 Å². The zero-order valence-corrected chi connectivity index (χ0v) is 19.3. The predicted octanol–water partition coefficient (Wildman–Crippen LogP) is 3.77. The molecule has 2 aliphatic carbocycles. The third-order valence-electron chi connectivity index (χ3n) is 6.70. The van der Waals surface area contributed by atoms with E-state index in [9.17, 15) is 26.3 Å². The third-order valence-corrected chi connectivity index (χ3v) is 6.70. The second kappa shape index (κ2) is 11.3. The van der Waals surface area contributed by atoms with E-state index in [0.717, 1.165) is 44.1 Å². The van der Waals surface area contributed by atoms with Crippen molar-refractivity contribution >= 4 is 11.9 Å². The molecule has 0 unspecified atom stereocenters. The van der Waals surface area contributed by atoms with E-state index in [-0.39, 0.29) is 0 Å². The molecule has 4 aliphatic rings. The Labute approximate surface area is 203 Å². The van der Waals surface area contributed by atoms with Crippen LogP contribution in [0.25, 0.3) is 0 Å². The van der Waals surface area contributed by atoms with Gasteiger partial charge in [0.25, 0.3) is 0 Å². The van der Waals surface area contributed by atoms with Gasteiger partial charge >= 0.3 is 24.3 Å². The summed E-state index contributed by atoms with van der Waals surface area (Å²) in [6.45, 7) is 7.96. The summed E-state index contributed by atoms with van der Waals surface area (Å²) in [4.78, 5) is 23.3. The van der Waals surface area contributed by atoms with Crippen molar-refractivity contribution in [3.63, 3.8) is 0 Å². The molecule has 2 N–H and O–H groups in total. The summed E-state index contributed by atoms with van der Waals surface area (Å²) < 4.78 is 69.1. The van der Waals surface area contributed by atoms with Crippen molar-refractivity contribution in [3.05, 3.63) is 35.4 Å². The normalized spacial score (nSPS) is 26.1. The minimum Gasteiger partial charge on any atom is -0.475 e. The van der Waals surface area contributed by atoms with Gasteiger partial charge in [0, 0.05) is 44.7 Å². The van der Waals surface area contributed by atoms with E-state index in [2.05, 4.69) is 34.1 Å². The number of likely N-dealkylation sites (tertiary alicyclic amines) is 1. The molecule has 0 spiro atoms. The quantitative estimate of drug-likeness (QED) is 0.580. The van der Waals surface area contributed by atoms with Crippen molar-refractivity contribution in [2.45, 2.75) is 37.2 Å². The summed E-state index contributed by atoms with van der Waals surface area (Å²) in [5.74, 6) is -2.94. The van der Waals surface area contributed by atoms with Crippen molar-refractivity contribution in [2.75, 3.05) is 45.9 Å². The van der Waals surface area contributed by atoms with Crippen LogP contribution in [0.4, 0.5) is 26.3 Å². The Balaban J connectivity index is 0.000000216. The number of carboxylic acids is 2. The standard InChI is InChI=1S/C19H26N2O.2C2HF3O2/c1-2-4-16-15(3-1)17-12-20(11-14-5-6-14)13-18(17)19(16)21-7-9-22-10-8-21;2*3-2(4,5)1(6)7/h1-4,14,17-19H,5-13H2;2*(H,6,7)/t17-,18-,19-;;/m0../s1. The minimum absolute atomic E-state index is 0.634. The van der Waals surface area contributed by atoms with Gasteiger partial charge in [-0.1, -0.05) is 24.3 Å². The lowest BCUT2D eigenvalue weighted by atomic mass is 9.93. The Hall–Kier alpha value is -2.38. The fraction of sp³-hybridized carbons (Fsp3) is 0.652. The fourth-order valence-electron chi connectivity index (χ4n) is 5.05. The average Bonchev–Trinajstić information content (AvgIpc) is 3.43. The van der Waals surface area contributed by atoms with Crippen LogP contribution < -0.4 is 0 Å². The molecule has 2 saturated heterocycles. The van der Waals surface area contributed by atoms with Crippen LogP contribution in [0.2, 0.25) is 0 Å². The third kappa shape index (κ3) is 7.32. The molecule has 3 fully saturated rings. The molecule has 1 saturated carbocycles. The van der Waals surface area contributed by atoms with Gasteiger partial charge in [-0.2, -0.15) is 26.3 Å². The van der Waals surface area contributed by atoms with E-state index in [4.69, 9.17) is 24.5 Å². The number of benzene rings is 1. The maximum absolute atomic E-state index is 10.6. The molecular weight excluding hydrogens is 498 g/mol. The molecule has 1 aromatic carbocycles. The Morgan fingerprint density at radius 1 is 0.889 bits per heavy atom. The number of halogens is 6. The maximum Gasteiger partial charge on any atom is 0.490 e. The summed E-state index contributed by atoms with van der Waals surface area (Å²) in [5.41, 5.74) is 3.26. The van der Waals surface area contributed by atoms with Gasteiger partial charge in [0.15, 0.2) is 0 Å². The van der Waals surface area contributed by atoms with Crippen molar-refractivity contribution < 1.29 is 50.9 Å². The molecule has 2 heterocycles. The first kappa shape index (κ1) is 28.2. The number of hydrogen-bond acceptors (Lipinski definition) is 5. The SMILES string of the molecule is O=C(O)C(F)(F)F.O=C(O)C(F)(F)F.c1ccc2c(c1)[C@@H]1CN(CC3CC3)C[C@@H]1[C@H]2N1CCOCC1. The second-order valence-corrected chi connectivity index (χ2v) is 9.26. The van der Waals surface area contributed by atoms with Gasteiger partial charge in [-0.3, -0.25) is 4.90 Å². The molecular formula is C23H28F6N2O5. The number of carboxylic acid groups (broad SMARTS) is 2. The summed E-state index contributed by atoms with van der Waals surface area (Å²) in [6.07, 6.45) is -7.23. The highest BCUT2D eigenvalue weighted by atomic mass is 19.4. The van der Waals surface area contributed by atoms with Crippen LogP contribution in [-0.2, 0) is 14.3 Å². The maximum atomic E-state index is 10.6. The van der Waals surface area contributed by atoms with Crippen LogP contribution in [0.1, 0.15) is 35.9 Å². The van der Waals surface area contributed by atoms with E-state index < -0.39 is 24.3 Å². The van der Waals surface area contributed by atoms with E-state index >= 15 is 0 Å². The Kier molecular flexibility index (Phi) is 8.88. The van der Waals surface area contributed by atoms with E-state index in [1.165, 1.54) is 32.5 Å². The molecule has 3 atom stereocenters. The molecule has 2 aliphatic heterocycles. The van der Waals surface area contributed by atoms with Crippen molar-refractivity contribution in [1.82, 2.24) is 9.80 Å². The lowest BCUT2D eigenvalue weighted by Gasteiger charge is -2.36. The molecule has 202 valence electrons. The average molecular weight is 526 g/mol. The molecule has 13 heteroatoms. The molecule has 0 amide bonds. The Morgan fingerprint density at radius 3 is 1.86 bits per heavy atom. The van der Waals surface area contributed by atoms with Gasteiger partial charge < -0.3 is 19.8 Å². The van der Waals surface area contributed by atoms with Crippen LogP contribution >= 0.6 is 0 Å². The first-order chi connectivity index (χ1) is 16.8. The number of nitrogens with zero attached hydrogens (tertiary/aromatic N) is 2. The van der Waals surface area contributed by atoms with Crippen molar-refractivity contribution in [1.29, 1.82) is 0 Å². The lowest BCUT2D eigenvalue weighted by Crippen LogP contribution is -2.41. The van der Waals surface area contributed by atoms with Crippen LogP contribution in [-0.4, -0.2) is 90.2 Å². The molecule has 5 rings (SSSR count). The topological polar surface area (TPSA) is 90.3 Å². The monoisotopic (exact) mass is 526 g/mol. The number of alkyl halides is 6. The molecule has 0 radical (unpaired) electrons. The zero-order chi connectivity index (χ0) is 26.7. The summed E-state index contributed by atoms with van der Waals surface area (Å²) in [6, 6.07) is 9.89. The highest BCUT2D eigenvalue weighted by Crippen LogP contribution is 2.52. The van der Waals surface area contributed by atoms with Crippen LogP contribution in [0.3, 0.4) is 0 Å². The highest BCUT2D eigenvalue weighted by Gasteiger charge is 2.48. The molecule has 0 aromatic heterocycles. The zero-order valence-electron chi connectivity index (χ0n) is 19.3. The number of carbonyl (C=O) groups is 2.